The number of halogens is 1. The van der Waals surface area contributed by atoms with Gasteiger partial charge in [0, 0.05) is 6.54 Å². The van der Waals surface area contributed by atoms with Crippen LogP contribution in [0.15, 0.2) is 24.3 Å². The number of amides is 2. The van der Waals surface area contributed by atoms with E-state index in [1.807, 2.05) is 6.92 Å². The van der Waals surface area contributed by atoms with E-state index in [1.54, 1.807) is 19.1 Å². The lowest BCUT2D eigenvalue weighted by molar-refractivity contribution is -0.140. The summed E-state index contributed by atoms with van der Waals surface area (Å²) in [4.78, 5) is 22.8. The maximum Gasteiger partial charge on any atom is 0.326 e. The third kappa shape index (κ3) is 5.81. The van der Waals surface area contributed by atoms with Gasteiger partial charge in [-0.2, -0.15) is 0 Å². The molecule has 0 spiro atoms. The number of carbonyl (C=O) groups is 2. The van der Waals surface area contributed by atoms with Crippen LogP contribution in [0, 0.1) is 11.7 Å². The van der Waals surface area contributed by atoms with Crippen molar-refractivity contribution in [1.29, 1.82) is 0 Å². The van der Waals surface area contributed by atoms with Gasteiger partial charge >= 0.3 is 12.0 Å². The van der Waals surface area contributed by atoms with E-state index in [0.29, 0.717) is 19.4 Å². The average molecular weight is 296 g/mol. The summed E-state index contributed by atoms with van der Waals surface area (Å²) in [6, 6.07) is 4.69. The summed E-state index contributed by atoms with van der Waals surface area (Å²) in [5.74, 6) is -1.53. The number of aliphatic carboxylic acids is 1. The number of carbonyl (C=O) groups excluding carboxylic acids is 1. The molecule has 2 amide bonds. The molecule has 2 atom stereocenters. The number of rotatable bonds is 7. The Morgan fingerprint density at radius 3 is 2.67 bits per heavy atom. The maximum atomic E-state index is 13.0. The summed E-state index contributed by atoms with van der Waals surface area (Å²) in [5, 5.41) is 14.1. The second-order valence-electron chi connectivity index (χ2n) is 4.98. The van der Waals surface area contributed by atoms with E-state index in [0.717, 1.165) is 5.56 Å². The fraction of sp³-hybridized carbons (Fsp3) is 0.467. The van der Waals surface area contributed by atoms with Crippen LogP contribution in [-0.4, -0.2) is 29.7 Å². The number of urea groups is 1. The number of hydrogen-bond donors (Lipinski definition) is 3. The highest BCUT2D eigenvalue weighted by Gasteiger charge is 2.24. The monoisotopic (exact) mass is 296 g/mol. The predicted molar refractivity (Wildman–Crippen MR) is 77.5 cm³/mol. The molecule has 0 radical (unpaired) electrons. The third-order valence-corrected chi connectivity index (χ3v) is 3.35. The fourth-order valence-electron chi connectivity index (χ4n) is 1.89. The first-order chi connectivity index (χ1) is 9.93. The lowest BCUT2D eigenvalue weighted by Gasteiger charge is -2.20. The highest BCUT2D eigenvalue weighted by molar-refractivity contribution is 5.82. The van der Waals surface area contributed by atoms with Gasteiger partial charge in [0.05, 0.1) is 0 Å². The Kier molecular flexibility index (Phi) is 6.65. The Labute approximate surface area is 123 Å². The van der Waals surface area contributed by atoms with Crippen molar-refractivity contribution in [2.45, 2.75) is 32.7 Å². The number of hydrogen-bond acceptors (Lipinski definition) is 2. The van der Waals surface area contributed by atoms with Crippen molar-refractivity contribution in [3.05, 3.63) is 35.6 Å². The van der Waals surface area contributed by atoms with Gasteiger partial charge in [0.15, 0.2) is 0 Å². The average Bonchev–Trinajstić information content (AvgIpc) is 2.43. The summed E-state index contributed by atoms with van der Waals surface area (Å²) in [5.41, 5.74) is 0.770. The maximum absolute atomic E-state index is 13.0. The molecular weight excluding hydrogens is 275 g/mol. The molecule has 5 nitrogen and oxygen atoms in total. The highest BCUT2D eigenvalue weighted by Crippen LogP contribution is 2.07. The van der Waals surface area contributed by atoms with E-state index < -0.39 is 18.0 Å². The van der Waals surface area contributed by atoms with Crippen LogP contribution in [-0.2, 0) is 11.2 Å². The molecule has 3 N–H and O–H groups in total. The smallest absolute Gasteiger partial charge is 0.326 e. The molecule has 0 saturated heterocycles. The Bertz CT molecular complexity index is 494. The second-order valence-corrected chi connectivity index (χ2v) is 4.98. The molecule has 0 aromatic heterocycles. The van der Waals surface area contributed by atoms with Gasteiger partial charge in [0.2, 0.25) is 0 Å². The van der Waals surface area contributed by atoms with E-state index in [-0.39, 0.29) is 11.7 Å². The van der Waals surface area contributed by atoms with Crippen molar-refractivity contribution >= 4 is 12.0 Å². The molecule has 21 heavy (non-hydrogen) atoms. The topological polar surface area (TPSA) is 78.4 Å². The SMILES string of the molecule is CC[C@H](C)[C@H](NC(=O)NCCc1cccc(F)c1)C(=O)O. The summed E-state index contributed by atoms with van der Waals surface area (Å²) in [7, 11) is 0. The quantitative estimate of drug-likeness (QED) is 0.721. The zero-order valence-electron chi connectivity index (χ0n) is 12.2. The molecule has 0 unspecified atom stereocenters. The van der Waals surface area contributed by atoms with E-state index in [9.17, 15) is 14.0 Å². The first kappa shape index (κ1) is 16.9. The van der Waals surface area contributed by atoms with Crippen molar-refractivity contribution < 1.29 is 19.1 Å². The van der Waals surface area contributed by atoms with E-state index in [4.69, 9.17) is 5.11 Å². The molecule has 6 heteroatoms. The molecule has 1 aromatic carbocycles. The predicted octanol–water partition coefficient (Wildman–Crippen LogP) is 2.17. The van der Waals surface area contributed by atoms with E-state index in [1.165, 1.54) is 12.1 Å². The third-order valence-electron chi connectivity index (χ3n) is 3.35. The Morgan fingerprint density at radius 2 is 2.10 bits per heavy atom. The van der Waals surface area contributed by atoms with Crippen LogP contribution in [0.5, 0.6) is 0 Å². The van der Waals surface area contributed by atoms with Gasteiger partial charge in [0.25, 0.3) is 0 Å². The molecule has 1 aromatic rings. The van der Waals surface area contributed by atoms with Crippen LogP contribution in [0.1, 0.15) is 25.8 Å². The van der Waals surface area contributed by atoms with Gasteiger partial charge in [0.1, 0.15) is 11.9 Å². The van der Waals surface area contributed by atoms with Crippen LogP contribution in [0.25, 0.3) is 0 Å². The lowest BCUT2D eigenvalue weighted by Crippen LogP contribution is -2.49. The molecular formula is C15H21FN2O3. The summed E-state index contributed by atoms with van der Waals surface area (Å²) in [6.45, 7) is 3.94. The van der Waals surface area contributed by atoms with Crippen molar-refractivity contribution in [1.82, 2.24) is 10.6 Å². The second kappa shape index (κ2) is 8.24. The van der Waals surface area contributed by atoms with Crippen molar-refractivity contribution in [3.63, 3.8) is 0 Å². The van der Waals surface area contributed by atoms with Crippen molar-refractivity contribution in [3.8, 4) is 0 Å². The minimum absolute atomic E-state index is 0.156. The first-order valence-electron chi connectivity index (χ1n) is 6.95. The zero-order chi connectivity index (χ0) is 15.8. The van der Waals surface area contributed by atoms with Crippen molar-refractivity contribution in [2.24, 2.45) is 5.92 Å². The minimum Gasteiger partial charge on any atom is -0.480 e. The first-order valence-corrected chi connectivity index (χ1v) is 6.95. The van der Waals surface area contributed by atoms with Crippen LogP contribution >= 0.6 is 0 Å². The molecule has 0 saturated carbocycles. The zero-order valence-corrected chi connectivity index (χ0v) is 12.2. The molecule has 1 rings (SSSR count). The summed E-state index contributed by atoms with van der Waals surface area (Å²) in [6.07, 6.45) is 1.13. The van der Waals surface area contributed by atoms with Crippen LogP contribution < -0.4 is 10.6 Å². The van der Waals surface area contributed by atoms with Crippen LogP contribution in [0.4, 0.5) is 9.18 Å². The Hall–Kier alpha value is -2.11. The van der Waals surface area contributed by atoms with Gasteiger partial charge < -0.3 is 15.7 Å². The molecule has 0 fully saturated rings. The molecule has 0 aliphatic rings. The summed E-state index contributed by atoms with van der Waals surface area (Å²) >= 11 is 0. The Morgan fingerprint density at radius 1 is 1.38 bits per heavy atom. The van der Waals surface area contributed by atoms with Gasteiger partial charge in [-0.15, -0.1) is 0 Å². The van der Waals surface area contributed by atoms with Gasteiger partial charge in [-0.1, -0.05) is 32.4 Å². The number of benzene rings is 1. The molecule has 0 aliphatic carbocycles. The molecule has 116 valence electrons. The molecule has 0 bridgehead atoms. The molecule has 0 aliphatic heterocycles. The van der Waals surface area contributed by atoms with Gasteiger partial charge in [-0.05, 0) is 30.0 Å². The summed E-state index contributed by atoms with van der Waals surface area (Å²) < 4.78 is 13.0. The van der Waals surface area contributed by atoms with Crippen LogP contribution in [0.2, 0.25) is 0 Å². The normalized spacial score (nSPS) is 13.3. The lowest BCUT2D eigenvalue weighted by atomic mass is 9.99. The van der Waals surface area contributed by atoms with Gasteiger partial charge in [-0.25, -0.2) is 14.0 Å². The fourth-order valence-corrected chi connectivity index (χ4v) is 1.89. The van der Waals surface area contributed by atoms with Crippen molar-refractivity contribution in [2.75, 3.05) is 6.54 Å². The number of carboxylic acid groups (broad SMARTS) is 1. The van der Waals surface area contributed by atoms with Crippen LogP contribution in [0.3, 0.4) is 0 Å². The molecule has 0 heterocycles. The van der Waals surface area contributed by atoms with E-state index in [2.05, 4.69) is 10.6 Å². The largest absolute Gasteiger partial charge is 0.480 e. The Balaban J connectivity index is 2.41. The number of carboxylic acids is 1. The minimum atomic E-state index is -1.05. The highest BCUT2D eigenvalue weighted by atomic mass is 19.1. The number of nitrogens with one attached hydrogen (secondary N) is 2. The van der Waals surface area contributed by atoms with E-state index >= 15 is 0 Å². The standard InChI is InChI=1S/C15H21FN2O3/c1-3-10(2)13(14(19)20)18-15(21)17-8-7-11-5-4-6-12(16)9-11/h4-6,9-10,13H,3,7-8H2,1-2H3,(H,19,20)(H2,17,18,21)/t10-,13-/m0/s1. The van der Waals surface area contributed by atoms with Gasteiger partial charge in [-0.3, -0.25) is 0 Å².